The molecule has 0 fully saturated rings. The molecule has 3 N–H and O–H groups in total. The SMILES string of the molecule is CC/C=C\C/C=C\C/C=C\C/C=C\CCCCCCCCCCC(=O)OC(COC(=O)CCCCCCCCCCCCCCCCCCCCCCCCCCCCCCC/C=C\C/C=C\CCCCCCC)COP(=O)(O)OCCN. The van der Waals surface area contributed by atoms with Gasteiger partial charge >= 0.3 is 19.8 Å². The zero-order chi connectivity index (χ0) is 60.1. The summed E-state index contributed by atoms with van der Waals surface area (Å²) in [7, 11) is -4.40. The van der Waals surface area contributed by atoms with Gasteiger partial charge in [0.05, 0.1) is 13.2 Å². The van der Waals surface area contributed by atoms with Crippen LogP contribution in [0.3, 0.4) is 0 Å². The average molecular weight is 1180 g/mol. The number of esters is 2. The average Bonchev–Trinajstić information content (AvgIpc) is 3.49. The molecule has 0 aliphatic rings. The molecule has 0 saturated carbocycles. The summed E-state index contributed by atoms with van der Waals surface area (Å²) >= 11 is 0. The zero-order valence-electron chi connectivity index (χ0n) is 54.4. The Morgan fingerprint density at radius 2 is 0.663 bits per heavy atom. The molecule has 0 spiro atoms. The van der Waals surface area contributed by atoms with Crippen molar-refractivity contribution in [1.29, 1.82) is 0 Å². The van der Waals surface area contributed by atoms with Crippen molar-refractivity contribution in [2.24, 2.45) is 5.73 Å². The number of phosphoric acid groups is 1. The van der Waals surface area contributed by atoms with Gasteiger partial charge in [0.25, 0.3) is 0 Å². The van der Waals surface area contributed by atoms with Gasteiger partial charge in [-0.05, 0) is 83.5 Å². The van der Waals surface area contributed by atoms with Gasteiger partial charge in [-0.2, -0.15) is 0 Å². The second-order valence-corrected chi connectivity index (χ2v) is 25.2. The van der Waals surface area contributed by atoms with Gasteiger partial charge in [0.2, 0.25) is 0 Å². The lowest BCUT2D eigenvalue weighted by Gasteiger charge is -2.19. The van der Waals surface area contributed by atoms with Crippen molar-refractivity contribution in [3.8, 4) is 0 Å². The summed E-state index contributed by atoms with van der Waals surface area (Å²) in [6.07, 6.45) is 90.2. The fraction of sp³-hybridized carbons (Fsp3) is 0.808. The van der Waals surface area contributed by atoms with E-state index in [1.165, 1.54) is 238 Å². The molecule has 0 rings (SSSR count). The van der Waals surface area contributed by atoms with E-state index in [9.17, 15) is 19.0 Å². The van der Waals surface area contributed by atoms with Crippen LogP contribution in [0.25, 0.3) is 0 Å². The number of phosphoric ester groups is 1. The standard InChI is InChI=1S/C73H134NO8P/c1-3-5-7-9-11-13-15-17-19-21-23-25-26-27-28-29-30-31-32-33-34-35-36-37-38-39-40-41-42-43-44-46-47-49-51-53-55-57-59-61-63-65-72(75)79-69-71(70-81-83(77,78)80-68-67-74)82-73(76)66-64-62-60-58-56-54-52-50-48-45-24-22-20-18-16-14-12-10-8-6-4-2/h6,8,12,14-15,17-18,20-21,23-24,45,71H,3-5,7,9-11,13,16,19,22,25-44,46-70,74H2,1-2H3,(H,77,78)/b8-6-,14-12-,17-15-,20-18-,23-21-,45-24-. The van der Waals surface area contributed by atoms with Crippen molar-refractivity contribution < 1.29 is 37.6 Å². The molecule has 10 heteroatoms. The minimum absolute atomic E-state index is 0.0510. The highest BCUT2D eigenvalue weighted by atomic mass is 31.2. The Hall–Kier alpha value is -2.55. The monoisotopic (exact) mass is 1180 g/mol. The predicted octanol–water partition coefficient (Wildman–Crippen LogP) is 23.2. The van der Waals surface area contributed by atoms with Gasteiger partial charge in [-0.15, -0.1) is 0 Å². The molecule has 83 heavy (non-hydrogen) atoms. The highest BCUT2D eigenvalue weighted by molar-refractivity contribution is 7.47. The first-order chi connectivity index (χ1) is 40.8. The highest BCUT2D eigenvalue weighted by Gasteiger charge is 2.26. The van der Waals surface area contributed by atoms with Crippen LogP contribution in [-0.4, -0.2) is 49.3 Å². The lowest BCUT2D eigenvalue weighted by atomic mass is 10.0. The van der Waals surface area contributed by atoms with Crippen LogP contribution in [0, 0.1) is 0 Å². The molecule has 0 aliphatic carbocycles. The smallest absolute Gasteiger partial charge is 0.462 e. The molecule has 0 bridgehead atoms. The molecule has 0 aromatic rings. The van der Waals surface area contributed by atoms with E-state index in [0.717, 1.165) is 77.0 Å². The third-order valence-electron chi connectivity index (χ3n) is 15.6. The first kappa shape index (κ1) is 80.5. The predicted molar refractivity (Wildman–Crippen MR) is 358 cm³/mol. The van der Waals surface area contributed by atoms with Crippen LogP contribution in [-0.2, 0) is 32.7 Å². The molecule has 2 atom stereocenters. The zero-order valence-corrected chi connectivity index (χ0v) is 55.3. The quantitative estimate of drug-likeness (QED) is 0.0264. The van der Waals surface area contributed by atoms with Crippen LogP contribution in [0.2, 0.25) is 0 Å². The van der Waals surface area contributed by atoms with Crippen LogP contribution in [0.15, 0.2) is 72.9 Å². The second kappa shape index (κ2) is 68.6. The van der Waals surface area contributed by atoms with Crippen molar-refractivity contribution >= 4 is 19.8 Å². The summed E-state index contributed by atoms with van der Waals surface area (Å²) in [5.41, 5.74) is 5.40. The van der Waals surface area contributed by atoms with Crippen molar-refractivity contribution in [2.45, 2.75) is 354 Å². The maximum atomic E-state index is 12.7. The van der Waals surface area contributed by atoms with E-state index in [1.807, 2.05) is 0 Å². The summed E-state index contributed by atoms with van der Waals surface area (Å²) < 4.78 is 33.1. The Kier molecular flexibility index (Phi) is 66.5. The van der Waals surface area contributed by atoms with Crippen molar-refractivity contribution in [2.75, 3.05) is 26.4 Å². The fourth-order valence-corrected chi connectivity index (χ4v) is 11.1. The van der Waals surface area contributed by atoms with Gasteiger partial charge in [0, 0.05) is 19.4 Å². The second-order valence-electron chi connectivity index (χ2n) is 23.7. The van der Waals surface area contributed by atoms with Crippen LogP contribution in [0.1, 0.15) is 348 Å². The van der Waals surface area contributed by atoms with Gasteiger partial charge in [-0.3, -0.25) is 18.6 Å². The summed E-state index contributed by atoms with van der Waals surface area (Å²) in [5.74, 6) is -0.825. The number of allylic oxidation sites excluding steroid dienone is 12. The topological polar surface area (TPSA) is 134 Å². The van der Waals surface area contributed by atoms with Crippen LogP contribution >= 0.6 is 7.82 Å². The molecular weight excluding hydrogens is 1050 g/mol. The van der Waals surface area contributed by atoms with Crippen LogP contribution in [0.5, 0.6) is 0 Å². The van der Waals surface area contributed by atoms with Crippen LogP contribution < -0.4 is 5.73 Å². The number of carbonyl (C=O) groups is 2. The Morgan fingerprint density at radius 1 is 0.373 bits per heavy atom. The van der Waals surface area contributed by atoms with Crippen molar-refractivity contribution in [1.82, 2.24) is 0 Å². The molecular formula is C73H134NO8P. The lowest BCUT2D eigenvalue weighted by molar-refractivity contribution is -0.161. The fourth-order valence-electron chi connectivity index (χ4n) is 10.4. The van der Waals surface area contributed by atoms with Gasteiger partial charge in [0.1, 0.15) is 6.61 Å². The van der Waals surface area contributed by atoms with Crippen molar-refractivity contribution in [3.05, 3.63) is 72.9 Å². The number of nitrogens with two attached hydrogens (primary N) is 1. The van der Waals surface area contributed by atoms with Gasteiger partial charge < -0.3 is 20.1 Å². The minimum Gasteiger partial charge on any atom is -0.462 e. The third kappa shape index (κ3) is 68.4. The molecule has 2 unspecified atom stereocenters. The van der Waals surface area contributed by atoms with E-state index in [-0.39, 0.29) is 38.6 Å². The maximum Gasteiger partial charge on any atom is 0.472 e. The molecule has 0 radical (unpaired) electrons. The normalized spacial score (nSPS) is 13.3. The minimum atomic E-state index is -4.40. The molecule has 0 aromatic carbocycles. The summed E-state index contributed by atoms with van der Waals surface area (Å²) in [6.45, 7) is 3.65. The number of rotatable bonds is 67. The molecule has 484 valence electrons. The summed E-state index contributed by atoms with van der Waals surface area (Å²) in [4.78, 5) is 35.3. The molecule has 0 aromatic heterocycles. The molecule has 0 saturated heterocycles. The number of unbranched alkanes of at least 4 members (excludes halogenated alkanes) is 42. The maximum absolute atomic E-state index is 12.7. The Balaban J connectivity index is 3.75. The number of hydrogen-bond acceptors (Lipinski definition) is 8. The van der Waals surface area contributed by atoms with Crippen molar-refractivity contribution in [3.63, 3.8) is 0 Å². The molecule has 9 nitrogen and oxygen atoms in total. The Labute approximate surface area is 513 Å². The number of hydrogen-bond donors (Lipinski definition) is 2. The third-order valence-corrected chi connectivity index (χ3v) is 16.6. The van der Waals surface area contributed by atoms with Crippen LogP contribution in [0.4, 0.5) is 0 Å². The number of carbonyl (C=O) groups excluding carboxylic acids is 2. The molecule has 0 aliphatic heterocycles. The highest BCUT2D eigenvalue weighted by Crippen LogP contribution is 2.43. The number of ether oxygens (including phenoxy) is 2. The van der Waals surface area contributed by atoms with E-state index < -0.39 is 26.5 Å². The van der Waals surface area contributed by atoms with Gasteiger partial charge in [-0.25, -0.2) is 4.57 Å². The lowest BCUT2D eigenvalue weighted by Crippen LogP contribution is -2.29. The molecule has 0 amide bonds. The van der Waals surface area contributed by atoms with E-state index >= 15 is 0 Å². The largest absolute Gasteiger partial charge is 0.472 e. The summed E-state index contributed by atoms with van der Waals surface area (Å²) in [6, 6.07) is 0. The van der Waals surface area contributed by atoms with E-state index in [0.29, 0.717) is 6.42 Å². The summed E-state index contributed by atoms with van der Waals surface area (Å²) in [5, 5.41) is 0. The Morgan fingerprint density at radius 3 is 0.988 bits per heavy atom. The molecule has 0 heterocycles. The van der Waals surface area contributed by atoms with Gasteiger partial charge in [0.15, 0.2) is 6.10 Å². The van der Waals surface area contributed by atoms with E-state index in [1.54, 1.807) is 0 Å². The Bertz CT molecular complexity index is 1590. The van der Waals surface area contributed by atoms with E-state index in [4.69, 9.17) is 24.3 Å². The van der Waals surface area contributed by atoms with E-state index in [2.05, 4.69) is 86.8 Å². The first-order valence-electron chi connectivity index (χ1n) is 35.4. The first-order valence-corrected chi connectivity index (χ1v) is 36.9. The van der Waals surface area contributed by atoms with Gasteiger partial charge in [-0.1, -0.05) is 324 Å².